The molecule has 23 heavy (non-hydrogen) atoms. The Morgan fingerprint density at radius 1 is 1.35 bits per heavy atom. The number of halogens is 2. The summed E-state index contributed by atoms with van der Waals surface area (Å²) < 4.78 is 13.5. The average molecular weight is 466 g/mol. The molecule has 0 saturated heterocycles. The zero-order valence-electron chi connectivity index (χ0n) is 13.0. The third kappa shape index (κ3) is 7.05. The zero-order chi connectivity index (χ0) is 15.8. The second-order valence-corrected chi connectivity index (χ2v) is 6.95. The third-order valence-electron chi connectivity index (χ3n) is 2.79. The molecule has 0 atom stereocenters. The fraction of sp³-hybridized carbons (Fsp3) is 0.333. The number of hydrogen-bond acceptors (Lipinski definition) is 4. The van der Waals surface area contributed by atoms with Gasteiger partial charge in [-0.2, -0.15) is 0 Å². The predicted molar refractivity (Wildman–Crippen MR) is 108 cm³/mol. The number of aromatic nitrogens is 1. The SMILES string of the molecule is CN=C(NCCSc1ccccc1F)NCc1ncc(C)s1.I. The first-order valence-electron chi connectivity index (χ1n) is 6.92. The molecule has 2 aromatic rings. The van der Waals surface area contributed by atoms with E-state index in [0.29, 0.717) is 18.0 Å². The van der Waals surface area contributed by atoms with Crippen LogP contribution in [0.25, 0.3) is 0 Å². The van der Waals surface area contributed by atoms with E-state index in [-0.39, 0.29) is 29.8 Å². The Balaban J connectivity index is 0.00000264. The summed E-state index contributed by atoms with van der Waals surface area (Å²) in [6.07, 6.45) is 1.86. The Morgan fingerprint density at radius 2 is 2.13 bits per heavy atom. The number of nitrogens with zero attached hydrogens (tertiary/aromatic N) is 2. The normalized spacial score (nSPS) is 11.0. The van der Waals surface area contributed by atoms with Crippen molar-refractivity contribution in [3.05, 3.63) is 46.2 Å². The monoisotopic (exact) mass is 466 g/mol. The van der Waals surface area contributed by atoms with Crippen molar-refractivity contribution in [2.45, 2.75) is 18.4 Å². The maximum Gasteiger partial charge on any atom is 0.191 e. The molecule has 0 saturated carbocycles. The van der Waals surface area contributed by atoms with Crippen LogP contribution in [-0.4, -0.2) is 30.3 Å². The lowest BCUT2D eigenvalue weighted by molar-refractivity contribution is 0.602. The van der Waals surface area contributed by atoms with Crippen LogP contribution >= 0.6 is 47.1 Å². The molecule has 0 unspecified atom stereocenters. The van der Waals surface area contributed by atoms with E-state index >= 15 is 0 Å². The molecule has 4 nitrogen and oxygen atoms in total. The van der Waals surface area contributed by atoms with E-state index in [1.165, 1.54) is 22.7 Å². The van der Waals surface area contributed by atoms with Gasteiger partial charge in [0, 0.05) is 35.3 Å². The summed E-state index contributed by atoms with van der Waals surface area (Å²) in [5, 5.41) is 7.45. The smallest absolute Gasteiger partial charge is 0.191 e. The molecule has 0 aliphatic carbocycles. The topological polar surface area (TPSA) is 49.3 Å². The summed E-state index contributed by atoms with van der Waals surface area (Å²) >= 11 is 3.15. The summed E-state index contributed by atoms with van der Waals surface area (Å²) in [4.78, 5) is 10.3. The lowest BCUT2D eigenvalue weighted by Crippen LogP contribution is -2.37. The van der Waals surface area contributed by atoms with Crippen molar-refractivity contribution in [2.75, 3.05) is 19.3 Å². The van der Waals surface area contributed by atoms with Crippen LogP contribution in [0.15, 0.2) is 40.4 Å². The van der Waals surface area contributed by atoms with E-state index in [1.807, 2.05) is 19.2 Å². The van der Waals surface area contributed by atoms with Crippen LogP contribution < -0.4 is 10.6 Å². The maximum atomic E-state index is 13.5. The Morgan fingerprint density at radius 3 is 2.78 bits per heavy atom. The van der Waals surface area contributed by atoms with Crippen molar-refractivity contribution in [3.63, 3.8) is 0 Å². The van der Waals surface area contributed by atoms with Crippen LogP contribution in [-0.2, 0) is 6.54 Å². The number of aryl methyl sites for hydroxylation is 1. The molecule has 2 N–H and O–H groups in total. The van der Waals surface area contributed by atoms with Crippen molar-refractivity contribution < 1.29 is 4.39 Å². The highest BCUT2D eigenvalue weighted by atomic mass is 127. The van der Waals surface area contributed by atoms with Crippen LogP contribution in [0.4, 0.5) is 4.39 Å². The second-order valence-electron chi connectivity index (χ2n) is 4.50. The molecule has 0 bridgehead atoms. The number of benzene rings is 1. The number of rotatable bonds is 6. The van der Waals surface area contributed by atoms with Gasteiger partial charge < -0.3 is 10.6 Å². The molecule has 0 aliphatic rings. The first-order valence-corrected chi connectivity index (χ1v) is 8.72. The Labute approximate surface area is 161 Å². The molecule has 0 amide bonds. The molecule has 0 radical (unpaired) electrons. The molecule has 0 spiro atoms. The van der Waals surface area contributed by atoms with Gasteiger partial charge in [0.15, 0.2) is 5.96 Å². The highest BCUT2D eigenvalue weighted by Crippen LogP contribution is 2.20. The van der Waals surface area contributed by atoms with Gasteiger partial charge in [0.2, 0.25) is 0 Å². The number of guanidine groups is 1. The van der Waals surface area contributed by atoms with Gasteiger partial charge >= 0.3 is 0 Å². The first-order chi connectivity index (χ1) is 10.7. The van der Waals surface area contributed by atoms with Gasteiger partial charge in [0.1, 0.15) is 10.8 Å². The molecule has 1 aromatic heterocycles. The highest BCUT2D eigenvalue weighted by molar-refractivity contribution is 14.0. The minimum atomic E-state index is -0.172. The average Bonchev–Trinajstić information content (AvgIpc) is 2.94. The van der Waals surface area contributed by atoms with Gasteiger partial charge in [0.05, 0.1) is 6.54 Å². The first kappa shape index (κ1) is 20.2. The Kier molecular flexibility index (Phi) is 9.49. The molecular weight excluding hydrogens is 446 g/mol. The van der Waals surface area contributed by atoms with Crippen molar-refractivity contribution in [1.29, 1.82) is 0 Å². The summed E-state index contributed by atoms with van der Waals surface area (Å²) in [5.41, 5.74) is 0. The maximum absolute atomic E-state index is 13.5. The molecule has 0 fully saturated rings. The fourth-order valence-corrected chi connectivity index (χ4v) is 3.29. The van der Waals surface area contributed by atoms with Crippen LogP contribution in [0.3, 0.4) is 0 Å². The van der Waals surface area contributed by atoms with Crippen LogP contribution in [0, 0.1) is 12.7 Å². The van der Waals surface area contributed by atoms with Crippen LogP contribution in [0.2, 0.25) is 0 Å². The van der Waals surface area contributed by atoms with Gasteiger partial charge in [-0.1, -0.05) is 12.1 Å². The summed E-state index contributed by atoms with van der Waals surface area (Å²) in [6.45, 7) is 3.39. The third-order valence-corrected chi connectivity index (χ3v) is 4.75. The van der Waals surface area contributed by atoms with Crippen molar-refractivity contribution in [2.24, 2.45) is 4.99 Å². The van der Waals surface area contributed by atoms with Crippen molar-refractivity contribution in [1.82, 2.24) is 15.6 Å². The number of thiazole rings is 1. The molecular formula is C15H20FIN4S2. The molecule has 2 rings (SSSR count). The minimum Gasteiger partial charge on any atom is -0.356 e. The number of nitrogens with one attached hydrogen (secondary N) is 2. The van der Waals surface area contributed by atoms with Crippen molar-refractivity contribution >= 4 is 53.0 Å². The molecule has 1 aromatic carbocycles. The number of thioether (sulfide) groups is 1. The quantitative estimate of drug-likeness (QED) is 0.224. The largest absolute Gasteiger partial charge is 0.356 e. The van der Waals surface area contributed by atoms with Gasteiger partial charge in [-0.15, -0.1) is 47.1 Å². The Bertz CT molecular complexity index is 633. The van der Waals surface area contributed by atoms with E-state index in [2.05, 4.69) is 20.6 Å². The van der Waals surface area contributed by atoms with E-state index < -0.39 is 0 Å². The van der Waals surface area contributed by atoms with Gasteiger partial charge in [-0.25, -0.2) is 9.37 Å². The van der Waals surface area contributed by atoms with E-state index in [9.17, 15) is 4.39 Å². The van der Waals surface area contributed by atoms with Crippen molar-refractivity contribution in [3.8, 4) is 0 Å². The number of aliphatic imine (C=N–C) groups is 1. The molecule has 0 aliphatic heterocycles. The Hall–Kier alpha value is -0.870. The van der Waals surface area contributed by atoms with E-state index in [0.717, 1.165) is 16.7 Å². The van der Waals surface area contributed by atoms with Gasteiger partial charge in [-0.05, 0) is 19.1 Å². The summed E-state index contributed by atoms with van der Waals surface area (Å²) in [6, 6.07) is 6.81. The summed E-state index contributed by atoms with van der Waals surface area (Å²) in [7, 11) is 1.73. The fourth-order valence-electron chi connectivity index (χ4n) is 1.76. The minimum absolute atomic E-state index is 0. The lowest BCUT2D eigenvalue weighted by Gasteiger charge is -2.10. The summed E-state index contributed by atoms with van der Waals surface area (Å²) in [5.74, 6) is 1.31. The predicted octanol–water partition coefficient (Wildman–Crippen LogP) is 3.67. The highest BCUT2D eigenvalue weighted by Gasteiger charge is 2.03. The van der Waals surface area contributed by atoms with Gasteiger partial charge in [-0.3, -0.25) is 4.99 Å². The van der Waals surface area contributed by atoms with Gasteiger partial charge in [0.25, 0.3) is 0 Å². The van der Waals surface area contributed by atoms with E-state index in [4.69, 9.17) is 0 Å². The standard InChI is InChI=1S/C15H19FN4S2.HI/c1-11-9-19-14(22-11)10-20-15(17-2)18-7-8-21-13-6-4-3-5-12(13)16;/h3-6,9H,7-8,10H2,1-2H3,(H2,17,18,20);1H. The van der Waals surface area contributed by atoms with Crippen LogP contribution in [0.1, 0.15) is 9.88 Å². The van der Waals surface area contributed by atoms with E-state index in [1.54, 1.807) is 30.5 Å². The molecule has 126 valence electrons. The molecule has 8 heteroatoms. The number of hydrogen-bond donors (Lipinski definition) is 2. The van der Waals surface area contributed by atoms with Crippen LogP contribution in [0.5, 0.6) is 0 Å². The molecule has 1 heterocycles. The second kappa shape index (κ2) is 10.8. The zero-order valence-corrected chi connectivity index (χ0v) is 17.0. The lowest BCUT2D eigenvalue weighted by atomic mass is 10.3.